The summed E-state index contributed by atoms with van der Waals surface area (Å²) in [5.74, 6) is 0.757. The highest BCUT2D eigenvalue weighted by atomic mass is 35.5. The van der Waals surface area contributed by atoms with Crippen LogP contribution in [0.4, 0.5) is 0 Å². The van der Waals surface area contributed by atoms with Gasteiger partial charge in [-0.2, -0.15) is 0 Å². The van der Waals surface area contributed by atoms with E-state index in [0.717, 1.165) is 11.8 Å². The molecule has 1 aromatic carbocycles. The summed E-state index contributed by atoms with van der Waals surface area (Å²) >= 11 is 5.19. The Kier molecular flexibility index (Phi) is 2.40. The molecule has 0 aliphatic carbocycles. The third-order valence-corrected chi connectivity index (χ3v) is 1.01. The molecule has 1 rings (SSSR count). The highest BCUT2D eigenvalue weighted by Gasteiger charge is 1.85. The average Bonchev–Trinajstić information content (AvgIpc) is 1.91. The van der Waals surface area contributed by atoms with Gasteiger partial charge in [-0.05, 0) is 12.1 Å². The molecule has 0 bridgehead atoms. The number of hydrogen-bond donors (Lipinski definition) is 0. The van der Waals surface area contributed by atoms with Crippen LogP contribution in [0.1, 0.15) is 0 Å². The molecular weight excluding hydrogens is 136 g/mol. The van der Waals surface area contributed by atoms with Crippen LogP contribution in [0.15, 0.2) is 30.3 Å². The van der Waals surface area contributed by atoms with E-state index in [0.29, 0.717) is 0 Å². The molecule has 0 saturated carbocycles. The molecule has 0 saturated heterocycles. The summed E-state index contributed by atoms with van der Waals surface area (Å²) < 4.78 is 4.85. The molecule has 1 nitrogen and oxygen atoms in total. The fourth-order valence-electron chi connectivity index (χ4n) is 0.550. The number of ether oxygens (including phenoxy) is 1. The highest BCUT2D eigenvalue weighted by Crippen LogP contribution is 2.09. The van der Waals surface area contributed by atoms with E-state index in [1.165, 1.54) is 0 Å². The number of hydrogen-bond acceptors (Lipinski definition) is 1. The molecule has 0 aliphatic rings. The van der Waals surface area contributed by atoms with Gasteiger partial charge in [-0.15, -0.1) is 0 Å². The van der Waals surface area contributed by atoms with Crippen molar-refractivity contribution in [2.24, 2.45) is 0 Å². The van der Waals surface area contributed by atoms with Gasteiger partial charge in [0.25, 0.3) is 0 Å². The van der Waals surface area contributed by atoms with E-state index < -0.39 is 0 Å². The first-order valence-electron chi connectivity index (χ1n) is 2.57. The SMILES string of the molecule is Cl[CH]Oc1ccccc1. The highest BCUT2D eigenvalue weighted by molar-refractivity contribution is 6.22. The Balaban J connectivity index is 2.61. The fourth-order valence-corrected chi connectivity index (χ4v) is 0.653. The van der Waals surface area contributed by atoms with Gasteiger partial charge in [0.15, 0.2) is 0 Å². The largest absolute Gasteiger partial charge is 0.469 e. The van der Waals surface area contributed by atoms with Crippen molar-refractivity contribution in [1.82, 2.24) is 0 Å². The molecule has 1 aromatic rings. The minimum Gasteiger partial charge on any atom is -0.469 e. The van der Waals surface area contributed by atoms with E-state index in [-0.39, 0.29) is 0 Å². The summed E-state index contributed by atoms with van der Waals surface area (Å²) in [6, 6.07) is 10.5. The van der Waals surface area contributed by atoms with Gasteiger partial charge < -0.3 is 4.74 Å². The van der Waals surface area contributed by atoms with E-state index in [1.807, 2.05) is 30.3 Å². The van der Waals surface area contributed by atoms with Gasteiger partial charge in [-0.3, -0.25) is 0 Å². The topological polar surface area (TPSA) is 9.23 Å². The minimum atomic E-state index is 0.757. The standard InChI is InChI=1S/C7H6ClO/c8-6-9-7-4-2-1-3-5-7/h1-6H. The Morgan fingerprint density at radius 2 is 1.89 bits per heavy atom. The van der Waals surface area contributed by atoms with Crippen LogP contribution >= 0.6 is 11.6 Å². The minimum absolute atomic E-state index is 0.757. The molecule has 0 fully saturated rings. The zero-order chi connectivity index (χ0) is 6.53. The molecule has 0 atom stereocenters. The first-order chi connectivity index (χ1) is 4.43. The third-order valence-electron chi connectivity index (χ3n) is 0.924. The second kappa shape index (κ2) is 3.36. The predicted octanol–water partition coefficient (Wildman–Crippen LogP) is 2.42. The Hall–Kier alpha value is -0.690. The number of rotatable bonds is 2. The second-order valence-corrected chi connectivity index (χ2v) is 1.70. The first-order valence-corrected chi connectivity index (χ1v) is 3.01. The van der Waals surface area contributed by atoms with Crippen molar-refractivity contribution in [3.63, 3.8) is 0 Å². The van der Waals surface area contributed by atoms with Crippen LogP contribution in [-0.2, 0) is 0 Å². The van der Waals surface area contributed by atoms with Gasteiger partial charge >= 0.3 is 0 Å². The molecule has 0 aromatic heterocycles. The van der Waals surface area contributed by atoms with Crippen LogP contribution < -0.4 is 4.74 Å². The Morgan fingerprint density at radius 1 is 1.22 bits per heavy atom. The van der Waals surface area contributed by atoms with Crippen LogP contribution in [0.3, 0.4) is 0 Å². The lowest BCUT2D eigenvalue weighted by Gasteiger charge is -1.96. The quantitative estimate of drug-likeness (QED) is 0.615. The normalized spacial score (nSPS) is 9.00. The zero-order valence-corrected chi connectivity index (χ0v) is 5.51. The predicted molar refractivity (Wildman–Crippen MR) is 37.2 cm³/mol. The average molecular weight is 142 g/mol. The molecule has 0 amide bonds. The van der Waals surface area contributed by atoms with Crippen molar-refractivity contribution in [2.75, 3.05) is 0 Å². The second-order valence-electron chi connectivity index (χ2n) is 1.52. The number of benzene rings is 1. The maximum absolute atomic E-state index is 5.19. The van der Waals surface area contributed by atoms with Crippen LogP contribution in [0.2, 0.25) is 0 Å². The molecule has 1 radical (unpaired) electrons. The van der Waals surface area contributed by atoms with Crippen LogP contribution in [-0.4, -0.2) is 0 Å². The van der Waals surface area contributed by atoms with Gasteiger partial charge in [0.2, 0.25) is 6.07 Å². The van der Waals surface area contributed by atoms with E-state index >= 15 is 0 Å². The zero-order valence-electron chi connectivity index (χ0n) is 4.75. The summed E-state index contributed by atoms with van der Waals surface area (Å²) in [6.45, 7) is 0. The number of halogens is 1. The van der Waals surface area contributed by atoms with Gasteiger partial charge in [-0.25, -0.2) is 0 Å². The van der Waals surface area contributed by atoms with Crippen molar-refractivity contribution in [3.8, 4) is 5.75 Å². The molecule has 47 valence electrons. The van der Waals surface area contributed by atoms with Crippen molar-refractivity contribution >= 4 is 11.6 Å². The van der Waals surface area contributed by atoms with Crippen LogP contribution in [0.5, 0.6) is 5.75 Å². The molecular formula is C7H6ClO. The van der Waals surface area contributed by atoms with Crippen LogP contribution in [0.25, 0.3) is 0 Å². The van der Waals surface area contributed by atoms with Crippen molar-refractivity contribution in [3.05, 3.63) is 36.4 Å². The maximum atomic E-state index is 5.19. The molecule has 0 aliphatic heterocycles. The van der Waals surface area contributed by atoms with Crippen molar-refractivity contribution < 1.29 is 4.74 Å². The molecule has 0 heterocycles. The summed E-state index contributed by atoms with van der Waals surface area (Å²) in [5, 5.41) is 0. The molecule has 0 unspecified atom stereocenters. The number of para-hydroxylation sites is 1. The van der Waals surface area contributed by atoms with Crippen molar-refractivity contribution in [2.45, 2.75) is 0 Å². The lowest BCUT2D eigenvalue weighted by molar-refractivity contribution is 0.453. The smallest absolute Gasteiger partial charge is 0.222 e. The van der Waals surface area contributed by atoms with Crippen molar-refractivity contribution in [1.29, 1.82) is 0 Å². The summed E-state index contributed by atoms with van der Waals surface area (Å²) in [4.78, 5) is 0. The lowest BCUT2D eigenvalue weighted by Crippen LogP contribution is -1.80. The first kappa shape index (κ1) is 6.43. The maximum Gasteiger partial charge on any atom is 0.222 e. The van der Waals surface area contributed by atoms with Gasteiger partial charge in [0.1, 0.15) is 5.75 Å². The monoisotopic (exact) mass is 141 g/mol. The molecule has 0 N–H and O–H groups in total. The van der Waals surface area contributed by atoms with Gasteiger partial charge in [-0.1, -0.05) is 29.8 Å². The summed E-state index contributed by atoms with van der Waals surface area (Å²) in [6.07, 6.45) is 0. The third kappa shape index (κ3) is 1.94. The van der Waals surface area contributed by atoms with E-state index in [2.05, 4.69) is 0 Å². The van der Waals surface area contributed by atoms with E-state index in [9.17, 15) is 0 Å². The van der Waals surface area contributed by atoms with Gasteiger partial charge in [0.05, 0.1) is 0 Å². The van der Waals surface area contributed by atoms with Crippen LogP contribution in [0, 0.1) is 6.07 Å². The Bertz CT molecular complexity index is 162. The lowest BCUT2D eigenvalue weighted by atomic mass is 10.3. The molecule has 0 spiro atoms. The van der Waals surface area contributed by atoms with Gasteiger partial charge in [0, 0.05) is 0 Å². The van der Waals surface area contributed by atoms with E-state index in [4.69, 9.17) is 16.3 Å². The molecule has 9 heavy (non-hydrogen) atoms. The summed E-state index contributed by atoms with van der Waals surface area (Å²) in [7, 11) is 0. The Labute approximate surface area is 59.2 Å². The van der Waals surface area contributed by atoms with E-state index in [1.54, 1.807) is 0 Å². The fraction of sp³-hybridized carbons (Fsp3) is 0. The summed E-state index contributed by atoms with van der Waals surface area (Å²) in [5.41, 5.74) is 0. The Morgan fingerprint density at radius 3 is 2.44 bits per heavy atom. The molecule has 2 heteroatoms.